The SMILES string of the molecule is CCC(C)(C)[C@@H]1C(C=O)Nc2ccc(Cl)cc2N1CC=C(C)C. The molecule has 3 nitrogen and oxygen atoms in total. The maximum atomic E-state index is 11.8. The van der Waals surface area contributed by atoms with Crippen molar-refractivity contribution in [2.45, 2.75) is 53.1 Å². The maximum absolute atomic E-state index is 11.8. The van der Waals surface area contributed by atoms with Crippen LogP contribution in [-0.4, -0.2) is 24.9 Å². The van der Waals surface area contributed by atoms with Crippen LogP contribution in [0.2, 0.25) is 5.02 Å². The molecule has 0 fully saturated rings. The predicted molar refractivity (Wildman–Crippen MR) is 99.6 cm³/mol. The average molecular weight is 335 g/mol. The maximum Gasteiger partial charge on any atom is 0.144 e. The van der Waals surface area contributed by atoms with Crippen LogP contribution in [0.5, 0.6) is 0 Å². The topological polar surface area (TPSA) is 32.3 Å². The zero-order valence-corrected chi connectivity index (χ0v) is 15.4. The molecule has 0 saturated carbocycles. The molecule has 0 amide bonds. The lowest BCUT2D eigenvalue weighted by atomic mass is 9.76. The standard InChI is InChI=1S/C19H27ClN2O/c1-6-19(4,5)18-16(12-23)21-15-8-7-14(20)11-17(15)22(18)10-9-13(2)3/h7-9,11-12,16,18,21H,6,10H2,1-5H3/t16?,18-/m0/s1. The van der Waals surface area contributed by atoms with E-state index in [1.165, 1.54) is 5.57 Å². The highest BCUT2D eigenvalue weighted by atomic mass is 35.5. The van der Waals surface area contributed by atoms with Gasteiger partial charge in [0.2, 0.25) is 0 Å². The Morgan fingerprint density at radius 3 is 2.65 bits per heavy atom. The summed E-state index contributed by atoms with van der Waals surface area (Å²) in [6.07, 6.45) is 4.23. The smallest absolute Gasteiger partial charge is 0.144 e. The highest BCUT2D eigenvalue weighted by Gasteiger charge is 2.42. The van der Waals surface area contributed by atoms with Gasteiger partial charge in [0.1, 0.15) is 12.3 Å². The lowest BCUT2D eigenvalue weighted by Gasteiger charge is -2.49. The summed E-state index contributed by atoms with van der Waals surface area (Å²) in [4.78, 5) is 14.1. The first-order valence-corrected chi connectivity index (χ1v) is 8.59. The first kappa shape index (κ1) is 17.9. The molecule has 0 spiro atoms. The van der Waals surface area contributed by atoms with Crippen LogP contribution in [0.1, 0.15) is 41.0 Å². The van der Waals surface area contributed by atoms with E-state index in [-0.39, 0.29) is 17.5 Å². The summed E-state index contributed by atoms with van der Waals surface area (Å²) in [7, 11) is 0. The van der Waals surface area contributed by atoms with Crippen LogP contribution in [0.15, 0.2) is 29.8 Å². The van der Waals surface area contributed by atoms with Crippen LogP contribution in [0.25, 0.3) is 0 Å². The van der Waals surface area contributed by atoms with Crippen molar-refractivity contribution in [3.8, 4) is 0 Å². The average Bonchev–Trinajstić information content (AvgIpc) is 2.51. The number of carbonyl (C=O) groups is 1. The monoisotopic (exact) mass is 334 g/mol. The van der Waals surface area contributed by atoms with Crippen LogP contribution >= 0.6 is 11.6 Å². The molecule has 23 heavy (non-hydrogen) atoms. The Labute approximate surface area is 144 Å². The zero-order valence-electron chi connectivity index (χ0n) is 14.7. The van der Waals surface area contributed by atoms with Gasteiger partial charge in [-0.1, -0.05) is 44.0 Å². The molecule has 1 aliphatic heterocycles. The number of nitrogens with one attached hydrogen (secondary N) is 1. The van der Waals surface area contributed by atoms with Crippen molar-refractivity contribution in [3.05, 3.63) is 34.9 Å². The lowest BCUT2D eigenvalue weighted by molar-refractivity contribution is -0.109. The highest BCUT2D eigenvalue weighted by Crippen LogP contribution is 2.42. The van der Waals surface area contributed by atoms with Gasteiger partial charge in [0.15, 0.2) is 0 Å². The molecule has 4 heteroatoms. The summed E-state index contributed by atoms with van der Waals surface area (Å²) < 4.78 is 0. The van der Waals surface area contributed by atoms with Gasteiger partial charge in [0, 0.05) is 11.6 Å². The predicted octanol–water partition coefficient (Wildman–Crippen LogP) is 4.91. The van der Waals surface area contributed by atoms with Crippen LogP contribution in [0, 0.1) is 5.41 Å². The molecule has 1 heterocycles. The van der Waals surface area contributed by atoms with Gasteiger partial charge in [-0.2, -0.15) is 0 Å². The normalized spacial score (nSPS) is 20.5. The van der Waals surface area contributed by atoms with Crippen LogP contribution < -0.4 is 10.2 Å². The van der Waals surface area contributed by atoms with Crippen LogP contribution in [0.3, 0.4) is 0 Å². The van der Waals surface area contributed by atoms with Crippen molar-refractivity contribution < 1.29 is 4.79 Å². The van der Waals surface area contributed by atoms with E-state index in [0.29, 0.717) is 5.02 Å². The summed E-state index contributed by atoms with van der Waals surface area (Å²) in [6.45, 7) is 11.6. The van der Waals surface area contributed by atoms with Gasteiger partial charge in [-0.3, -0.25) is 0 Å². The number of fused-ring (bicyclic) bond motifs is 1. The third-order valence-electron chi connectivity index (χ3n) is 4.82. The highest BCUT2D eigenvalue weighted by molar-refractivity contribution is 6.31. The number of carbonyl (C=O) groups excluding carboxylic acids is 1. The number of allylic oxidation sites excluding steroid dienone is 1. The van der Waals surface area contributed by atoms with Gasteiger partial charge < -0.3 is 15.0 Å². The van der Waals surface area contributed by atoms with E-state index in [0.717, 1.165) is 30.6 Å². The number of hydrogen-bond acceptors (Lipinski definition) is 3. The number of benzene rings is 1. The van der Waals surface area contributed by atoms with Crippen molar-refractivity contribution in [1.29, 1.82) is 0 Å². The van der Waals surface area contributed by atoms with Gasteiger partial charge in [-0.15, -0.1) is 0 Å². The van der Waals surface area contributed by atoms with Crippen molar-refractivity contribution in [3.63, 3.8) is 0 Å². The first-order valence-electron chi connectivity index (χ1n) is 8.21. The van der Waals surface area contributed by atoms with Gasteiger partial charge in [-0.25, -0.2) is 0 Å². The quantitative estimate of drug-likeness (QED) is 0.613. The molecule has 2 rings (SSSR count). The lowest BCUT2D eigenvalue weighted by Crippen LogP contribution is -2.58. The molecule has 0 bridgehead atoms. The summed E-state index contributed by atoms with van der Waals surface area (Å²) in [5, 5.41) is 4.11. The van der Waals surface area contributed by atoms with Crippen molar-refractivity contribution in [2.75, 3.05) is 16.8 Å². The summed E-state index contributed by atoms with van der Waals surface area (Å²) in [5.74, 6) is 0. The minimum atomic E-state index is -0.232. The molecule has 0 radical (unpaired) electrons. The van der Waals surface area contributed by atoms with E-state index in [2.05, 4.69) is 50.9 Å². The Morgan fingerprint density at radius 2 is 2.09 bits per heavy atom. The minimum Gasteiger partial charge on any atom is -0.372 e. The number of anilines is 2. The number of rotatable bonds is 5. The Hall–Kier alpha value is -1.48. The Bertz CT molecular complexity index is 605. The molecule has 1 aromatic rings. The minimum absolute atomic E-state index is 0.00588. The van der Waals surface area contributed by atoms with E-state index < -0.39 is 0 Å². The van der Waals surface area contributed by atoms with Crippen molar-refractivity contribution in [1.82, 2.24) is 0 Å². The van der Waals surface area contributed by atoms with Gasteiger partial charge in [0.25, 0.3) is 0 Å². The van der Waals surface area contributed by atoms with Gasteiger partial charge in [0.05, 0.1) is 17.4 Å². The second-order valence-corrected chi connectivity index (χ2v) is 7.62. The Morgan fingerprint density at radius 1 is 1.39 bits per heavy atom. The molecule has 0 aliphatic carbocycles. The van der Waals surface area contributed by atoms with Crippen molar-refractivity contribution in [2.24, 2.45) is 5.41 Å². The molecular formula is C19H27ClN2O. The Kier molecular flexibility index (Phi) is 5.41. The molecule has 2 atom stereocenters. The van der Waals surface area contributed by atoms with Crippen molar-refractivity contribution >= 4 is 29.3 Å². The van der Waals surface area contributed by atoms with Gasteiger partial charge >= 0.3 is 0 Å². The summed E-state index contributed by atoms with van der Waals surface area (Å²) >= 11 is 6.23. The number of aldehydes is 1. The zero-order chi connectivity index (χ0) is 17.2. The summed E-state index contributed by atoms with van der Waals surface area (Å²) in [5.41, 5.74) is 3.30. The van der Waals surface area contributed by atoms with E-state index in [9.17, 15) is 4.79 Å². The second kappa shape index (κ2) is 6.96. The van der Waals surface area contributed by atoms with E-state index in [4.69, 9.17) is 11.6 Å². The van der Waals surface area contributed by atoms with Crippen LogP contribution in [0.4, 0.5) is 11.4 Å². The van der Waals surface area contributed by atoms with E-state index in [1.54, 1.807) is 0 Å². The molecule has 0 saturated heterocycles. The van der Waals surface area contributed by atoms with E-state index >= 15 is 0 Å². The fraction of sp³-hybridized carbons (Fsp3) is 0.526. The molecule has 1 N–H and O–H groups in total. The molecule has 1 aliphatic rings. The first-order chi connectivity index (χ1) is 10.8. The van der Waals surface area contributed by atoms with E-state index in [1.807, 2.05) is 18.2 Å². The third kappa shape index (κ3) is 3.72. The number of hydrogen-bond donors (Lipinski definition) is 1. The molecule has 0 aromatic heterocycles. The fourth-order valence-corrected chi connectivity index (χ4v) is 3.35. The molecule has 1 unspecified atom stereocenters. The largest absolute Gasteiger partial charge is 0.372 e. The molecule has 1 aromatic carbocycles. The summed E-state index contributed by atoms with van der Waals surface area (Å²) in [6, 6.07) is 5.65. The van der Waals surface area contributed by atoms with Gasteiger partial charge in [-0.05, 0) is 43.9 Å². The third-order valence-corrected chi connectivity index (χ3v) is 5.06. The fourth-order valence-electron chi connectivity index (χ4n) is 3.19. The molecule has 126 valence electrons. The molecular weight excluding hydrogens is 308 g/mol. The Balaban J connectivity index is 2.56. The second-order valence-electron chi connectivity index (χ2n) is 7.19. The van der Waals surface area contributed by atoms with Crippen LogP contribution in [-0.2, 0) is 4.79 Å². The number of halogens is 1. The number of nitrogens with zero attached hydrogens (tertiary/aromatic N) is 1.